The van der Waals surface area contributed by atoms with Crippen LogP contribution in [0.15, 0.2) is 4.99 Å². The number of carbonyl (C=O) groups is 1. The van der Waals surface area contributed by atoms with Crippen LogP contribution in [0.5, 0.6) is 0 Å². The molecule has 2 N–H and O–H groups in total. The molecule has 0 aromatic rings. The van der Waals surface area contributed by atoms with Crippen LogP contribution in [0, 0.1) is 0 Å². The second-order valence-corrected chi connectivity index (χ2v) is 6.80. The highest BCUT2D eigenvalue weighted by Gasteiger charge is 2.23. The van der Waals surface area contributed by atoms with E-state index in [9.17, 15) is 4.79 Å². The Morgan fingerprint density at radius 2 is 2.16 bits per heavy atom. The van der Waals surface area contributed by atoms with Crippen molar-refractivity contribution in [1.82, 2.24) is 15.5 Å². The molecule has 1 amide bonds. The molecule has 1 unspecified atom stereocenters. The van der Waals surface area contributed by atoms with Crippen LogP contribution in [0.2, 0.25) is 0 Å². The maximum Gasteiger partial charge on any atom is 0.243 e. The Bertz CT molecular complexity index is 336. The van der Waals surface area contributed by atoms with Crippen LogP contribution < -0.4 is 10.6 Å². The quantitative estimate of drug-likeness (QED) is 0.575. The van der Waals surface area contributed by atoms with E-state index in [0.717, 1.165) is 12.5 Å². The lowest BCUT2D eigenvalue weighted by atomic mass is 10.2. The summed E-state index contributed by atoms with van der Waals surface area (Å²) in [5.74, 6) is 2.10. The minimum Gasteiger partial charge on any atom is -0.355 e. The first kappa shape index (κ1) is 14.5. The molecule has 1 aliphatic carbocycles. The van der Waals surface area contributed by atoms with Gasteiger partial charge in [-0.3, -0.25) is 4.79 Å². The SMILES string of the molecule is CN(C)C(=O)CN=C(NCC1CCCS1)NC1CC1. The topological polar surface area (TPSA) is 56.7 Å². The molecule has 0 bridgehead atoms. The van der Waals surface area contributed by atoms with Gasteiger partial charge in [-0.15, -0.1) is 0 Å². The van der Waals surface area contributed by atoms with Crippen molar-refractivity contribution in [3.05, 3.63) is 0 Å². The van der Waals surface area contributed by atoms with Gasteiger partial charge in [0.25, 0.3) is 0 Å². The Balaban J connectivity index is 1.79. The number of guanidine groups is 1. The van der Waals surface area contributed by atoms with E-state index in [1.54, 1.807) is 19.0 Å². The Morgan fingerprint density at radius 1 is 1.37 bits per heavy atom. The van der Waals surface area contributed by atoms with Gasteiger partial charge in [0.1, 0.15) is 6.54 Å². The van der Waals surface area contributed by atoms with Crippen LogP contribution in [-0.4, -0.2) is 61.0 Å². The van der Waals surface area contributed by atoms with Crippen LogP contribution in [0.4, 0.5) is 0 Å². The second kappa shape index (κ2) is 7.03. The van der Waals surface area contributed by atoms with Crippen LogP contribution in [-0.2, 0) is 4.79 Å². The summed E-state index contributed by atoms with van der Waals surface area (Å²) in [4.78, 5) is 17.5. The molecule has 2 fully saturated rings. The fourth-order valence-electron chi connectivity index (χ4n) is 1.88. The molecule has 1 saturated heterocycles. The maximum absolute atomic E-state index is 11.6. The summed E-state index contributed by atoms with van der Waals surface area (Å²) >= 11 is 2.03. The highest BCUT2D eigenvalue weighted by Crippen LogP contribution is 2.25. The lowest BCUT2D eigenvalue weighted by Gasteiger charge is -2.15. The fourth-order valence-corrected chi connectivity index (χ4v) is 3.08. The van der Waals surface area contributed by atoms with Crippen LogP contribution in [0.25, 0.3) is 0 Å². The summed E-state index contributed by atoms with van der Waals surface area (Å²) in [6.45, 7) is 1.16. The summed E-state index contributed by atoms with van der Waals surface area (Å²) in [7, 11) is 3.52. The molecule has 108 valence electrons. The predicted octanol–water partition coefficient (Wildman–Crippen LogP) is 0.668. The third-order valence-corrected chi connectivity index (χ3v) is 4.71. The molecule has 1 saturated carbocycles. The molecule has 0 radical (unpaired) electrons. The standard InChI is InChI=1S/C13H24N4OS/c1-17(2)12(18)9-15-13(16-10-5-6-10)14-8-11-4-3-7-19-11/h10-11H,3-9H2,1-2H3,(H2,14,15,16). The van der Waals surface area contributed by atoms with E-state index in [4.69, 9.17) is 0 Å². The Labute approximate surface area is 119 Å². The number of hydrogen-bond acceptors (Lipinski definition) is 3. The molecule has 0 aromatic heterocycles. The Hall–Kier alpha value is -0.910. The van der Waals surface area contributed by atoms with E-state index in [1.807, 2.05) is 11.8 Å². The molecular formula is C13H24N4OS. The molecular weight excluding hydrogens is 260 g/mol. The van der Waals surface area contributed by atoms with E-state index in [1.165, 1.54) is 31.4 Å². The van der Waals surface area contributed by atoms with Crippen molar-refractivity contribution in [3.8, 4) is 0 Å². The minimum atomic E-state index is 0.0344. The lowest BCUT2D eigenvalue weighted by molar-refractivity contribution is -0.127. The number of carbonyl (C=O) groups excluding carboxylic acids is 1. The van der Waals surface area contributed by atoms with Crippen molar-refractivity contribution in [1.29, 1.82) is 0 Å². The van der Waals surface area contributed by atoms with E-state index in [0.29, 0.717) is 11.3 Å². The zero-order valence-corrected chi connectivity index (χ0v) is 12.6. The number of thioether (sulfide) groups is 1. The molecule has 0 aromatic carbocycles. The van der Waals surface area contributed by atoms with Crippen molar-refractivity contribution < 1.29 is 4.79 Å². The molecule has 6 heteroatoms. The van der Waals surface area contributed by atoms with Crippen molar-refractivity contribution in [2.24, 2.45) is 4.99 Å². The normalized spacial score (nSPS) is 23.3. The maximum atomic E-state index is 11.6. The van der Waals surface area contributed by atoms with Gasteiger partial charge < -0.3 is 15.5 Å². The van der Waals surface area contributed by atoms with Crippen LogP contribution >= 0.6 is 11.8 Å². The fraction of sp³-hybridized carbons (Fsp3) is 0.846. The number of hydrogen-bond donors (Lipinski definition) is 2. The average molecular weight is 284 g/mol. The van der Waals surface area contributed by atoms with Gasteiger partial charge in [-0.1, -0.05) is 0 Å². The first-order valence-corrected chi connectivity index (χ1v) is 8.06. The monoisotopic (exact) mass is 284 g/mol. The summed E-state index contributed by atoms with van der Waals surface area (Å²) < 4.78 is 0. The van der Waals surface area contributed by atoms with Crippen LogP contribution in [0.3, 0.4) is 0 Å². The molecule has 0 spiro atoms. The minimum absolute atomic E-state index is 0.0344. The highest BCUT2D eigenvalue weighted by atomic mass is 32.2. The summed E-state index contributed by atoms with van der Waals surface area (Å²) in [5, 5.41) is 7.43. The summed E-state index contributed by atoms with van der Waals surface area (Å²) in [5.41, 5.74) is 0. The molecule has 1 heterocycles. The molecule has 1 atom stereocenters. The third-order valence-electron chi connectivity index (χ3n) is 3.31. The van der Waals surface area contributed by atoms with Crippen molar-refractivity contribution >= 4 is 23.6 Å². The smallest absolute Gasteiger partial charge is 0.243 e. The molecule has 5 nitrogen and oxygen atoms in total. The molecule has 1 aliphatic heterocycles. The van der Waals surface area contributed by atoms with Gasteiger partial charge in [-0.25, -0.2) is 4.99 Å². The Kier molecular flexibility index (Phi) is 5.36. The van der Waals surface area contributed by atoms with Gasteiger partial charge in [0.2, 0.25) is 5.91 Å². The van der Waals surface area contributed by atoms with E-state index in [-0.39, 0.29) is 12.5 Å². The number of nitrogens with zero attached hydrogens (tertiary/aromatic N) is 2. The van der Waals surface area contributed by atoms with E-state index >= 15 is 0 Å². The zero-order chi connectivity index (χ0) is 13.7. The van der Waals surface area contributed by atoms with Crippen molar-refractivity contribution in [3.63, 3.8) is 0 Å². The summed E-state index contributed by atoms with van der Waals surface area (Å²) in [6, 6.07) is 0.553. The van der Waals surface area contributed by atoms with Gasteiger partial charge in [0.15, 0.2) is 5.96 Å². The number of aliphatic imine (C=N–C) groups is 1. The number of nitrogens with one attached hydrogen (secondary N) is 2. The molecule has 19 heavy (non-hydrogen) atoms. The first-order valence-electron chi connectivity index (χ1n) is 7.02. The number of likely N-dealkylation sites (N-methyl/N-ethyl adjacent to an activating group) is 1. The number of rotatable bonds is 5. The van der Waals surface area contributed by atoms with E-state index < -0.39 is 0 Å². The number of amides is 1. The summed E-state index contributed by atoms with van der Waals surface area (Å²) in [6.07, 6.45) is 5.02. The molecule has 2 rings (SSSR count). The van der Waals surface area contributed by atoms with Crippen molar-refractivity contribution in [2.75, 3.05) is 32.9 Å². The average Bonchev–Trinajstić information content (AvgIpc) is 3.04. The van der Waals surface area contributed by atoms with Crippen LogP contribution in [0.1, 0.15) is 25.7 Å². The van der Waals surface area contributed by atoms with Gasteiger partial charge in [0, 0.05) is 31.9 Å². The predicted molar refractivity (Wildman–Crippen MR) is 80.6 cm³/mol. The first-order chi connectivity index (χ1) is 9.15. The second-order valence-electron chi connectivity index (χ2n) is 5.39. The largest absolute Gasteiger partial charge is 0.355 e. The molecule has 2 aliphatic rings. The lowest BCUT2D eigenvalue weighted by Crippen LogP contribution is -2.42. The van der Waals surface area contributed by atoms with Gasteiger partial charge in [-0.05, 0) is 31.4 Å². The zero-order valence-electron chi connectivity index (χ0n) is 11.8. The highest BCUT2D eigenvalue weighted by molar-refractivity contribution is 8.00. The Morgan fingerprint density at radius 3 is 2.74 bits per heavy atom. The van der Waals surface area contributed by atoms with Gasteiger partial charge in [0.05, 0.1) is 0 Å². The van der Waals surface area contributed by atoms with Gasteiger partial charge >= 0.3 is 0 Å². The van der Waals surface area contributed by atoms with Gasteiger partial charge in [-0.2, -0.15) is 11.8 Å². The van der Waals surface area contributed by atoms with E-state index in [2.05, 4.69) is 15.6 Å². The third kappa shape index (κ3) is 5.30. The van der Waals surface area contributed by atoms with Crippen molar-refractivity contribution in [2.45, 2.75) is 37.0 Å².